The zero-order valence-electron chi connectivity index (χ0n) is 10.4. The molecule has 0 aromatic heterocycles. The molecule has 1 aliphatic heterocycles. The molecule has 1 fully saturated rings. The van der Waals surface area contributed by atoms with Crippen molar-refractivity contribution in [1.29, 1.82) is 0 Å². The lowest BCUT2D eigenvalue weighted by atomic mass is 9.96. The molecular formula is C10H19N3O4S. The third-order valence-electron chi connectivity index (χ3n) is 2.95. The van der Waals surface area contributed by atoms with Crippen LogP contribution >= 0.6 is 0 Å². The minimum Gasteiger partial charge on any atom is -0.369 e. The van der Waals surface area contributed by atoms with Crippen molar-refractivity contribution in [2.24, 2.45) is 11.7 Å². The Bertz CT molecular complexity index is 413. The van der Waals surface area contributed by atoms with Gasteiger partial charge in [-0.15, -0.1) is 0 Å². The number of primary amides is 1. The Morgan fingerprint density at radius 3 is 2.33 bits per heavy atom. The number of nitrogens with two attached hydrogens (primary N) is 1. The van der Waals surface area contributed by atoms with Crippen molar-refractivity contribution in [2.75, 3.05) is 25.9 Å². The molecule has 0 atom stereocenters. The predicted octanol–water partition coefficient (Wildman–Crippen LogP) is -1.35. The first-order valence-electron chi connectivity index (χ1n) is 5.81. The van der Waals surface area contributed by atoms with Gasteiger partial charge in [0.15, 0.2) is 0 Å². The van der Waals surface area contributed by atoms with E-state index in [1.165, 1.54) is 0 Å². The highest BCUT2D eigenvalue weighted by Crippen LogP contribution is 2.17. The molecular weight excluding hydrogens is 258 g/mol. The number of nitrogens with one attached hydrogen (secondary N) is 1. The van der Waals surface area contributed by atoms with Crippen LogP contribution in [0.4, 0.5) is 0 Å². The van der Waals surface area contributed by atoms with Crippen LogP contribution in [0.15, 0.2) is 0 Å². The summed E-state index contributed by atoms with van der Waals surface area (Å²) in [5.74, 6) is -0.571. The van der Waals surface area contributed by atoms with Gasteiger partial charge in [0.2, 0.25) is 21.8 Å². The first-order valence-corrected chi connectivity index (χ1v) is 7.70. The lowest BCUT2D eigenvalue weighted by molar-refractivity contribution is -0.134. The molecule has 0 aromatic carbocycles. The minimum atomic E-state index is -3.25. The molecule has 0 spiro atoms. The number of sulfonamides is 1. The maximum atomic E-state index is 11.7. The maximum absolute atomic E-state index is 11.7. The first kappa shape index (κ1) is 14.9. The number of carbonyl (C=O) groups is 2. The van der Waals surface area contributed by atoms with Crippen molar-refractivity contribution in [3.8, 4) is 0 Å². The number of amides is 2. The molecule has 0 saturated carbocycles. The second-order valence-electron chi connectivity index (χ2n) is 4.47. The topological polar surface area (TPSA) is 110 Å². The fourth-order valence-electron chi connectivity index (χ4n) is 1.91. The first-order chi connectivity index (χ1) is 8.29. The largest absolute Gasteiger partial charge is 0.369 e. The molecule has 0 aliphatic carbocycles. The third-order valence-corrected chi connectivity index (χ3v) is 3.68. The smallest absolute Gasteiger partial charge is 0.223 e. The average molecular weight is 277 g/mol. The van der Waals surface area contributed by atoms with E-state index >= 15 is 0 Å². The monoisotopic (exact) mass is 277 g/mol. The number of nitrogens with zero attached hydrogens (tertiary/aromatic N) is 1. The summed E-state index contributed by atoms with van der Waals surface area (Å²) in [6.45, 7) is 1.12. The predicted molar refractivity (Wildman–Crippen MR) is 66.0 cm³/mol. The van der Waals surface area contributed by atoms with Gasteiger partial charge in [-0.1, -0.05) is 0 Å². The van der Waals surface area contributed by atoms with Gasteiger partial charge in [-0.25, -0.2) is 13.1 Å². The summed E-state index contributed by atoms with van der Waals surface area (Å²) in [4.78, 5) is 24.3. The lowest BCUT2D eigenvalue weighted by Gasteiger charge is -2.30. The van der Waals surface area contributed by atoms with Crippen molar-refractivity contribution >= 4 is 21.8 Å². The summed E-state index contributed by atoms with van der Waals surface area (Å²) >= 11 is 0. The molecule has 3 N–H and O–H groups in total. The fraction of sp³-hybridized carbons (Fsp3) is 0.800. The molecule has 1 saturated heterocycles. The Morgan fingerprint density at radius 1 is 1.33 bits per heavy atom. The molecule has 0 unspecified atom stereocenters. The van der Waals surface area contributed by atoms with Crippen LogP contribution in [0.1, 0.15) is 19.3 Å². The molecule has 2 amide bonds. The van der Waals surface area contributed by atoms with Crippen LogP contribution in [0.25, 0.3) is 0 Å². The SMILES string of the molecule is CS(=O)(=O)NCCC(=O)N1CCC(C(N)=O)CC1. The summed E-state index contributed by atoms with van der Waals surface area (Å²) in [6.07, 6.45) is 2.35. The highest BCUT2D eigenvalue weighted by Gasteiger charge is 2.25. The summed E-state index contributed by atoms with van der Waals surface area (Å²) in [6, 6.07) is 0. The third kappa shape index (κ3) is 5.01. The molecule has 7 nitrogen and oxygen atoms in total. The van der Waals surface area contributed by atoms with Crippen LogP contribution < -0.4 is 10.5 Å². The van der Waals surface area contributed by atoms with E-state index in [9.17, 15) is 18.0 Å². The van der Waals surface area contributed by atoms with Gasteiger partial charge in [0, 0.05) is 32.0 Å². The van der Waals surface area contributed by atoms with E-state index in [2.05, 4.69) is 4.72 Å². The van der Waals surface area contributed by atoms with Crippen LogP contribution in [0.3, 0.4) is 0 Å². The zero-order valence-corrected chi connectivity index (χ0v) is 11.2. The molecule has 8 heteroatoms. The van der Waals surface area contributed by atoms with Crippen LogP contribution in [0.5, 0.6) is 0 Å². The molecule has 0 aromatic rings. The van der Waals surface area contributed by atoms with Crippen LogP contribution in [-0.4, -0.2) is 51.0 Å². The zero-order chi connectivity index (χ0) is 13.8. The second kappa shape index (κ2) is 6.14. The molecule has 1 heterocycles. The average Bonchev–Trinajstić information content (AvgIpc) is 2.27. The van der Waals surface area contributed by atoms with E-state index in [1.807, 2.05) is 0 Å². The molecule has 104 valence electrons. The van der Waals surface area contributed by atoms with Crippen molar-refractivity contribution in [2.45, 2.75) is 19.3 Å². The van der Waals surface area contributed by atoms with Crippen molar-refractivity contribution in [3.05, 3.63) is 0 Å². The van der Waals surface area contributed by atoms with Gasteiger partial charge in [0.25, 0.3) is 0 Å². The number of carbonyl (C=O) groups excluding carboxylic acids is 2. The van der Waals surface area contributed by atoms with Crippen molar-refractivity contribution in [1.82, 2.24) is 9.62 Å². The van der Waals surface area contributed by atoms with Crippen molar-refractivity contribution < 1.29 is 18.0 Å². The van der Waals surface area contributed by atoms with E-state index in [0.717, 1.165) is 6.26 Å². The van der Waals surface area contributed by atoms with Crippen LogP contribution in [-0.2, 0) is 19.6 Å². The number of piperidine rings is 1. The normalized spacial score (nSPS) is 17.7. The molecule has 0 radical (unpaired) electrons. The quantitative estimate of drug-likeness (QED) is 0.647. The van der Waals surface area contributed by atoms with Gasteiger partial charge in [-0.2, -0.15) is 0 Å². The Morgan fingerprint density at radius 2 is 1.89 bits per heavy atom. The number of hydrogen-bond donors (Lipinski definition) is 2. The minimum absolute atomic E-state index is 0.103. The molecule has 0 bridgehead atoms. The lowest BCUT2D eigenvalue weighted by Crippen LogP contribution is -2.42. The van der Waals surface area contributed by atoms with Gasteiger partial charge in [-0.05, 0) is 12.8 Å². The fourth-order valence-corrected chi connectivity index (χ4v) is 2.39. The molecule has 18 heavy (non-hydrogen) atoms. The van der Waals surface area contributed by atoms with Gasteiger partial charge < -0.3 is 10.6 Å². The summed E-state index contributed by atoms with van der Waals surface area (Å²) < 4.78 is 23.9. The summed E-state index contributed by atoms with van der Waals surface area (Å²) in [5, 5.41) is 0. The molecule has 1 aliphatic rings. The Balaban J connectivity index is 2.30. The van der Waals surface area contributed by atoms with E-state index < -0.39 is 10.0 Å². The number of rotatable bonds is 5. The van der Waals surface area contributed by atoms with Gasteiger partial charge in [0.1, 0.15) is 0 Å². The van der Waals surface area contributed by atoms with E-state index in [0.29, 0.717) is 25.9 Å². The van der Waals surface area contributed by atoms with E-state index in [1.54, 1.807) is 4.90 Å². The Labute approximate surface area is 107 Å². The van der Waals surface area contributed by atoms with E-state index in [4.69, 9.17) is 5.73 Å². The van der Waals surface area contributed by atoms with Crippen LogP contribution in [0.2, 0.25) is 0 Å². The second-order valence-corrected chi connectivity index (χ2v) is 6.31. The Hall–Kier alpha value is -1.15. The van der Waals surface area contributed by atoms with E-state index in [-0.39, 0.29) is 30.7 Å². The van der Waals surface area contributed by atoms with Gasteiger partial charge in [-0.3, -0.25) is 9.59 Å². The summed E-state index contributed by atoms with van der Waals surface area (Å²) in [5.41, 5.74) is 5.20. The Kier molecular flexibility index (Phi) is 5.09. The summed E-state index contributed by atoms with van der Waals surface area (Å²) in [7, 11) is -3.25. The molecule has 1 rings (SSSR count). The van der Waals surface area contributed by atoms with Gasteiger partial charge >= 0.3 is 0 Å². The van der Waals surface area contributed by atoms with Gasteiger partial charge in [0.05, 0.1) is 6.26 Å². The van der Waals surface area contributed by atoms with Crippen molar-refractivity contribution in [3.63, 3.8) is 0 Å². The number of hydrogen-bond acceptors (Lipinski definition) is 4. The van der Waals surface area contributed by atoms with Crippen LogP contribution in [0, 0.1) is 5.92 Å². The standard InChI is InChI=1S/C10H19N3O4S/c1-18(16,17)12-5-2-9(14)13-6-3-8(4-7-13)10(11)15/h8,12H,2-7H2,1H3,(H2,11,15). The maximum Gasteiger partial charge on any atom is 0.223 e. The number of likely N-dealkylation sites (tertiary alicyclic amines) is 1. The highest BCUT2D eigenvalue weighted by atomic mass is 32.2. The highest BCUT2D eigenvalue weighted by molar-refractivity contribution is 7.88.